The highest BCUT2D eigenvalue weighted by molar-refractivity contribution is 6.43. The molecule has 2 aromatic carbocycles. The van der Waals surface area contributed by atoms with Gasteiger partial charge >= 0.3 is 0 Å². The minimum atomic E-state index is -2.62. The van der Waals surface area contributed by atoms with E-state index >= 15 is 0 Å². The molecule has 0 saturated heterocycles. The second kappa shape index (κ2) is 5.76. The van der Waals surface area contributed by atoms with Gasteiger partial charge in [0.05, 0.1) is 17.2 Å². The summed E-state index contributed by atoms with van der Waals surface area (Å²) in [6.07, 6.45) is -2.62. The Labute approximate surface area is 119 Å². The minimum absolute atomic E-state index is 0.136. The van der Waals surface area contributed by atoms with Crippen LogP contribution >= 0.6 is 23.2 Å². The Balaban J connectivity index is 2.64. The van der Waals surface area contributed by atoms with Gasteiger partial charge in [-0.25, -0.2) is 8.78 Å². The van der Waals surface area contributed by atoms with Gasteiger partial charge in [0, 0.05) is 11.1 Å². The van der Waals surface area contributed by atoms with Crippen LogP contribution in [0.1, 0.15) is 12.0 Å². The lowest BCUT2D eigenvalue weighted by molar-refractivity contribution is 0.151. The number of hydrogen-bond donors (Lipinski definition) is 0. The predicted molar refractivity (Wildman–Crippen MR) is 73.4 cm³/mol. The molecule has 0 aliphatic rings. The normalized spacial score (nSPS) is 10.8. The lowest BCUT2D eigenvalue weighted by Crippen LogP contribution is -1.93. The zero-order valence-electron chi connectivity index (χ0n) is 9.96. The monoisotopic (exact) mass is 302 g/mol. The summed E-state index contributed by atoms with van der Waals surface area (Å²) in [6.45, 7) is 0. The molecule has 2 aromatic rings. The summed E-state index contributed by atoms with van der Waals surface area (Å²) in [4.78, 5) is 0. The van der Waals surface area contributed by atoms with Crippen molar-refractivity contribution in [3.05, 3.63) is 52.0 Å². The van der Waals surface area contributed by atoms with E-state index in [4.69, 9.17) is 27.9 Å². The smallest absolute Gasteiger partial charge is 0.264 e. The first-order chi connectivity index (χ1) is 9.04. The largest absolute Gasteiger partial charge is 0.497 e. The van der Waals surface area contributed by atoms with Crippen LogP contribution in [0, 0.1) is 0 Å². The molecule has 2 rings (SSSR count). The van der Waals surface area contributed by atoms with Gasteiger partial charge in [0.25, 0.3) is 6.43 Å². The van der Waals surface area contributed by atoms with E-state index in [0.29, 0.717) is 21.9 Å². The molecular formula is C14H10Cl2F2O. The summed E-state index contributed by atoms with van der Waals surface area (Å²) in [5, 5.41) is 0.589. The number of halogens is 4. The van der Waals surface area contributed by atoms with Crippen molar-refractivity contribution < 1.29 is 13.5 Å². The van der Waals surface area contributed by atoms with E-state index < -0.39 is 6.43 Å². The maximum Gasteiger partial charge on any atom is 0.264 e. The molecule has 0 amide bonds. The number of alkyl halides is 2. The fraction of sp³-hybridized carbons (Fsp3) is 0.143. The maximum absolute atomic E-state index is 13.1. The zero-order valence-corrected chi connectivity index (χ0v) is 11.5. The average Bonchev–Trinajstić information content (AvgIpc) is 2.41. The van der Waals surface area contributed by atoms with Gasteiger partial charge in [0.1, 0.15) is 5.75 Å². The van der Waals surface area contributed by atoms with Crippen molar-refractivity contribution in [1.29, 1.82) is 0 Å². The number of methoxy groups -OCH3 is 1. The van der Waals surface area contributed by atoms with E-state index in [2.05, 4.69) is 0 Å². The predicted octanol–water partition coefficient (Wildman–Crippen LogP) is 5.61. The minimum Gasteiger partial charge on any atom is -0.497 e. The van der Waals surface area contributed by atoms with Crippen molar-refractivity contribution in [2.24, 2.45) is 0 Å². The van der Waals surface area contributed by atoms with Crippen molar-refractivity contribution in [3.8, 4) is 16.9 Å². The summed E-state index contributed by atoms with van der Waals surface area (Å²) < 4.78 is 31.2. The summed E-state index contributed by atoms with van der Waals surface area (Å²) in [5.41, 5.74) is 0.693. The van der Waals surface area contributed by atoms with Crippen LogP contribution in [0.25, 0.3) is 11.1 Å². The Morgan fingerprint density at radius 3 is 2.42 bits per heavy atom. The summed E-state index contributed by atoms with van der Waals surface area (Å²) in [6, 6.07) is 9.40. The Bertz CT molecular complexity index is 600. The van der Waals surface area contributed by atoms with Crippen LogP contribution in [-0.2, 0) is 0 Å². The Hall–Kier alpha value is -1.32. The number of ether oxygens (including phenoxy) is 1. The molecule has 0 spiro atoms. The Morgan fingerprint density at radius 2 is 1.79 bits per heavy atom. The molecule has 0 bridgehead atoms. The average molecular weight is 303 g/mol. The van der Waals surface area contributed by atoms with Crippen LogP contribution in [0.2, 0.25) is 10.0 Å². The van der Waals surface area contributed by atoms with E-state index in [1.165, 1.54) is 13.2 Å². The molecule has 0 radical (unpaired) electrons. The quantitative estimate of drug-likeness (QED) is 0.716. The van der Waals surface area contributed by atoms with Gasteiger partial charge in [-0.2, -0.15) is 0 Å². The van der Waals surface area contributed by atoms with Crippen LogP contribution < -0.4 is 4.74 Å². The molecule has 1 nitrogen and oxygen atoms in total. The van der Waals surface area contributed by atoms with Crippen molar-refractivity contribution in [2.75, 3.05) is 7.11 Å². The highest BCUT2D eigenvalue weighted by Gasteiger charge is 2.18. The van der Waals surface area contributed by atoms with Gasteiger partial charge in [0.2, 0.25) is 0 Å². The van der Waals surface area contributed by atoms with Gasteiger partial charge in [-0.05, 0) is 23.8 Å². The number of rotatable bonds is 3. The summed E-state index contributed by atoms with van der Waals surface area (Å²) in [5.74, 6) is 0.372. The highest BCUT2D eigenvalue weighted by atomic mass is 35.5. The van der Waals surface area contributed by atoms with Gasteiger partial charge in [0.15, 0.2) is 0 Å². The van der Waals surface area contributed by atoms with Crippen LogP contribution in [0.15, 0.2) is 36.4 Å². The number of benzene rings is 2. The molecule has 5 heteroatoms. The first-order valence-corrected chi connectivity index (χ1v) is 6.20. The summed E-state index contributed by atoms with van der Waals surface area (Å²) >= 11 is 12.0. The molecule has 0 aliphatic carbocycles. The fourth-order valence-corrected chi connectivity index (χ4v) is 2.21. The lowest BCUT2D eigenvalue weighted by Gasteiger charge is -2.13. The van der Waals surface area contributed by atoms with E-state index in [0.717, 1.165) is 0 Å². The van der Waals surface area contributed by atoms with Crippen LogP contribution in [0.3, 0.4) is 0 Å². The van der Waals surface area contributed by atoms with Crippen LogP contribution in [-0.4, -0.2) is 7.11 Å². The van der Waals surface area contributed by atoms with Crippen molar-refractivity contribution in [2.45, 2.75) is 6.43 Å². The van der Waals surface area contributed by atoms with Crippen molar-refractivity contribution in [3.63, 3.8) is 0 Å². The molecule has 0 aliphatic heterocycles. The second-order valence-corrected chi connectivity index (χ2v) is 4.64. The third kappa shape index (κ3) is 2.82. The summed E-state index contributed by atoms with van der Waals surface area (Å²) in [7, 11) is 1.43. The number of hydrogen-bond acceptors (Lipinski definition) is 1. The lowest BCUT2D eigenvalue weighted by atomic mass is 9.99. The molecule has 0 fully saturated rings. The zero-order chi connectivity index (χ0) is 14.0. The van der Waals surface area contributed by atoms with Gasteiger partial charge in [-0.1, -0.05) is 41.4 Å². The Morgan fingerprint density at radius 1 is 1.05 bits per heavy atom. The molecular weight excluding hydrogens is 293 g/mol. The van der Waals surface area contributed by atoms with E-state index in [1.807, 2.05) is 0 Å². The molecule has 19 heavy (non-hydrogen) atoms. The first-order valence-electron chi connectivity index (χ1n) is 5.45. The van der Waals surface area contributed by atoms with Crippen molar-refractivity contribution in [1.82, 2.24) is 0 Å². The Kier molecular flexibility index (Phi) is 4.27. The molecule has 0 heterocycles. The molecule has 0 N–H and O–H groups in total. The van der Waals surface area contributed by atoms with Gasteiger partial charge in [-0.15, -0.1) is 0 Å². The third-order valence-corrected chi connectivity index (χ3v) is 3.55. The van der Waals surface area contributed by atoms with E-state index in [-0.39, 0.29) is 10.6 Å². The van der Waals surface area contributed by atoms with E-state index in [9.17, 15) is 8.78 Å². The van der Waals surface area contributed by atoms with Crippen molar-refractivity contribution >= 4 is 23.2 Å². The third-order valence-electron chi connectivity index (χ3n) is 2.74. The van der Waals surface area contributed by atoms with Crippen LogP contribution in [0.4, 0.5) is 8.78 Å². The molecule has 100 valence electrons. The molecule has 0 aromatic heterocycles. The molecule has 0 unspecified atom stereocenters. The SMILES string of the molecule is COc1ccc(-c2cccc(Cl)c2Cl)c(C(F)F)c1. The maximum atomic E-state index is 13.1. The fourth-order valence-electron chi connectivity index (χ4n) is 1.81. The van der Waals surface area contributed by atoms with Gasteiger partial charge < -0.3 is 4.74 Å². The molecule has 0 atom stereocenters. The highest BCUT2D eigenvalue weighted by Crippen LogP contribution is 2.39. The van der Waals surface area contributed by atoms with Gasteiger partial charge in [-0.3, -0.25) is 0 Å². The standard InChI is InChI=1S/C14H10Cl2F2O/c1-19-8-5-6-9(11(7-8)14(17)18)10-3-2-4-12(15)13(10)16/h2-7,14H,1H3. The van der Waals surface area contributed by atoms with Crippen LogP contribution in [0.5, 0.6) is 5.75 Å². The van der Waals surface area contributed by atoms with E-state index in [1.54, 1.807) is 30.3 Å². The second-order valence-electron chi connectivity index (χ2n) is 3.86. The first kappa shape index (κ1) is 14.1. The topological polar surface area (TPSA) is 9.23 Å². The molecule has 0 saturated carbocycles.